The van der Waals surface area contributed by atoms with Crippen LogP contribution in [0.4, 0.5) is 0 Å². The first kappa shape index (κ1) is 14.8. The molecule has 0 aromatic heterocycles. The van der Waals surface area contributed by atoms with Crippen molar-refractivity contribution in [1.29, 1.82) is 0 Å². The van der Waals surface area contributed by atoms with Gasteiger partial charge in [0, 0.05) is 13.1 Å². The molecule has 1 amide bonds. The van der Waals surface area contributed by atoms with Crippen molar-refractivity contribution in [2.24, 2.45) is 17.1 Å². The van der Waals surface area contributed by atoms with Crippen molar-refractivity contribution in [2.75, 3.05) is 13.1 Å². The predicted molar refractivity (Wildman–Crippen MR) is 78.8 cm³/mol. The second-order valence-corrected chi connectivity index (χ2v) is 6.80. The number of carbonyl (C=O) groups is 1. The Balaban J connectivity index is 1.87. The summed E-state index contributed by atoms with van der Waals surface area (Å²) in [7, 11) is 0. The quantitative estimate of drug-likeness (QED) is 0.853. The molecule has 2 atom stereocenters. The van der Waals surface area contributed by atoms with Crippen LogP contribution in [0.1, 0.15) is 65.2 Å². The lowest BCUT2D eigenvalue weighted by molar-refractivity contribution is -0.136. The highest BCUT2D eigenvalue weighted by atomic mass is 16.2. The molecule has 2 N–H and O–H groups in total. The lowest BCUT2D eigenvalue weighted by Gasteiger charge is -2.45. The van der Waals surface area contributed by atoms with Crippen molar-refractivity contribution >= 4 is 5.91 Å². The summed E-state index contributed by atoms with van der Waals surface area (Å²) in [6, 6.07) is -0.301. The third kappa shape index (κ3) is 3.31. The highest BCUT2D eigenvalue weighted by Crippen LogP contribution is 2.44. The van der Waals surface area contributed by atoms with Crippen molar-refractivity contribution in [3.05, 3.63) is 0 Å². The molecule has 2 rings (SSSR count). The minimum atomic E-state index is -0.301. The molecule has 1 saturated carbocycles. The Bertz CT molecular complexity index is 300. The Morgan fingerprint density at radius 1 is 1.16 bits per heavy atom. The number of likely N-dealkylation sites (tertiary alicyclic amines) is 1. The normalized spacial score (nSPS) is 26.2. The Hall–Kier alpha value is -0.570. The molecular formula is C16H30N2O. The van der Waals surface area contributed by atoms with E-state index in [9.17, 15) is 4.79 Å². The largest absolute Gasteiger partial charge is 0.341 e. The molecule has 110 valence electrons. The van der Waals surface area contributed by atoms with Crippen LogP contribution >= 0.6 is 0 Å². The maximum atomic E-state index is 12.4. The summed E-state index contributed by atoms with van der Waals surface area (Å²) in [6.07, 6.45) is 10.3. The van der Waals surface area contributed by atoms with Crippen molar-refractivity contribution in [3.8, 4) is 0 Å². The zero-order valence-electron chi connectivity index (χ0n) is 12.7. The van der Waals surface area contributed by atoms with E-state index in [2.05, 4.69) is 13.8 Å². The Kier molecular flexibility index (Phi) is 4.88. The maximum absolute atomic E-state index is 12.4. The van der Waals surface area contributed by atoms with E-state index in [1.54, 1.807) is 0 Å². The highest BCUT2D eigenvalue weighted by Gasteiger charge is 2.37. The zero-order valence-corrected chi connectivity index (χ0v) is 12.7. The van der Waals surface area contributed by atoms with E-state index in [1.165, 1.54) is 44.9 Å². The molecule has 1 aliphatic heterocycles. The highest BCUT2D eigenvalue weighted by molar-refractivity contribution is 5.82. The molecule has 1 saturated heterocycles. The average Bonchev–Trinajstić information content (AvgIpc) is 2.46. The fourth-order valence-electron chi connectivity index (χ4n) is 3.71. The Morgan fingerprint density at radius 3 is 2.26 bits per heavy atom. The molecule has 3 heteroatoms. The van der Waals surface area contributed by atoms with Gasteiger partial charge in [-0.05, 0) is 37.0 Å². The van der Waals surface area contributed by atoms with E-state index in [1.807, 2.05) is 4.90 Å². The Morgan fingerprint density at radius 2 is 1.74 bits per heavy atom. The Labute approximate surface area is 117 Å². The lowest BCUT2D eigenvalue weighted by atomic mass is 9.68. The molecule has 2 fully saturated rings. The number of amides is 1. The van der Waals surface area contributed by atoms with Gasteiger partial charge in [0.2, 0.25) is 5.91 Å². The molecule has 2 unspecified atom stereocenters. The molecule has 1 heterocycles. The van der Waals surface area contributed by atoms with Gasteiger partial charge in [0.15, 0.2) is 0 Å². The second-order valence-electron chi connectivity index (χ2n) is 6.80. The van der Waals surface area contributed by atoms with Crippen LogP contribution in [-0.4, -0.2) is 29.9 Å². The first-order valence-electron chi connectivity index (χ1n) is 8.12. The lowest BCUT2D eigenvalue weighted by Crippen LogP contribution is -2.51. The van der Waals surface area contributed by atoms with Crippen LogP contribution in [0.3, 0.4) is 0 Å². The molecule has 2 aliphatic rings. The first-order valence-corrected chi connectivity index (χ1v) is 8.12. The minimum Gasteiger partial charge on any atom is -0.341 e. The van der Waals surface area contributed by atoms with Gasteiger partial charge in [0.1, 0.15) is 0 Å². The van der Waals surface area contributed by atoms with E-state index >= 15 is 0 Å². The molecule has 0 bridgehead atoms. The van der Waals surface area contributed by atoms with Gasteiger partial charge in [-0.2, -0.15) is 0 Å². The smallest absolute Gasteiger partial charge is 0.239 e. The summed E-state index contributed by atoms with van der Waals surface area (Å²) < 4.78 is 0. The summed E-state index contributed by atoms with van der Waals surface area (Å²) in [6.45, 7) is 6.05. The van der Waals surface area contributed by atoms with Gasteiger partial charge in [0.25, 0.3) is 0 Å². The minimum absolute atomic E-state index is 0.181. The number of piperidine rings is 1. The SMILES string of the molecule is CCC(C)C(N)C(=O)N1CCC2(CCCCC2)CC1. The van der Waals surface area contributed by atoms with Crippen LogP contribution in [0.15, 0.2) is 0 Å². The van der Waals surface area contributed by atoms with Gasteiger partial charge < -0.3 is 10.6 Å². The van der Waals surface area contributed by atoms with E-state index in [4.69, 9.17) is 5.73 Å². The summed E-state index contributed by atoms with van der Waals surface area (Å²) >= 11 is 0. The van der Waals surface area contributed by atoms with E-state index in [-0.39, 0.29) is 17.9 Å². The van der Waals surface area contributed by atoms with E-state index in [0.717, 1.165) is 19.5 Å². The second kappa shape index (κ2) is 6.25. The number of nitrogens with two attached hydrogens (primary N) is 1. The standard InChI is InChI=1S/C16H30N2O/c1-3-13(2)14(17)15(19)18-11-9-16(10-12-18)7-5-4-6-8-16/h13-14H,3-12,17H2,1-2H3. The topological polar surface area (TPSA) is 46.3 Å². The fourth-order valence-corrected chi connectivity index (χ4v) is 3.71. The van der Waals surface area contributed by atoms with Gasteiger partial charge >= 0.3 is 0 Å². The summed E-state index contributed by atoms with van der Waals surface area (Å²) in [5.74, 6) is 0.470. The van der Waals surface area contributed by atoms with Gasteiger partial charge in [-0.1, -0.05) is 39.5 Å². The van der Waals surface area contributed by atoms with Crippen molar-refractivity contribution in [1.82, 2.24) is 4.90 Å². The third-order valence-electron chi connectivity index (χ3n) is 5.59. The number of nitrogens with zero attached hydrogens (tertiary/aromatic N) is 1. The van der Waals surface area contributed by atoms with Crippen molar-refractivity contribution in [2.45, 2.75) is 71.3 Å². The molecule has 0 radical (unpaired) electrons. The molecule has 0 aromatic carbocycles. The first-order chi connectivity index (χ1) is 9.08. The summed E-state index contributed by atoms with van der Waals surface area (Å²) in [5, 5.41) is 0. The number of hydrogen-bond acceptors (Lipinski definition) is 2. The molecule has 19 heavy (non-hydrogen) atoms. The van der Waals surface area contributed by atoms with Gasteiger partial charge in [-0.3, -0.25) is 4.79 Å². The number of hydrogen-bond donors (Lipinski definition) is 1. The van der Waals surface area contributed by atoms with Gasteiger partial charge in [-0.25, -0.2) is 0 Å². The molecule has 0 aromatic rings. The van der Waals surface area contributed by atoms with Gasteiger partial charge in [-0.15, -0.1) is 0 Å². The van der Waals surface area contributed by atoms with Crippen LogP contribution in [0.2, 0.25) is 0 Å². The number of carbonyl (C=O) groups excluding carboxylic acids is 1. The van der Waals surface area contributed by atoms with Crippen LogP contribution in [0.5, 0.6) is 0 Å². The van der Waals surface area contributed by atoms with Crippen molar-refractivity contribution < 1.29 is 4.79 Å². The predicted octanol–water partition coefficient (Wildman–Crippen LogP) is 2.93. The van der Waals surface area contributed by atoms with Crippen molar-refractivity contribution in [3.63, 3.8) is 0 Å². The summed E-state index contributed by atoms with van der Waals surface area (Å²) in [4.78, 5) is 14.4. The molecule has 1 spiro atoms. The van der Waals surface area contributed by atoms with Crippen LogP contribution in [-0.2, 0) is 4.79 Å². The monoisotopic (exact) mass is 266 g/mol. The zero-order chi connectivity index (χ0) is 13.9. The van der Waals surface area contributed by atoms with Crippen LogP contribution in [0, 0.1) is 11.3 Å². The van der Waals surface area contributed by atoms with Crippen LogP contribution < -0.4 is 5.73 Å². The fraction of sp³-hybridized carbons (Fsp3) is 0.938. The number of rotatable bonds is 3. The van der Waals surface area contributed by atoms with E-state index < -0.39 is 0 Å². The molecular weight excluding hydrogens is 236 g/mol. The molecule has 1 aliphatic carbocycles. The van der Waals surface area contributed by atoms with Gasteiger partial charge in [0.05, 0.1) is 6.04 Å². The average molecular weight is 266 g/mol. The third-order valence-corrected chi connectivity index (χ3v) is 5.59. The maximum Gasteiger partial charge on any atom is 0.239 e. The molecule has 3 nitrogen and oxygen atoms in total. The van der Waals surface area contributed by atoms with Crippen LogP contribution in [0.25, 0.3) is 0 Å². The summed E-state index contributed by atoms with van der Waals surface area (Å²) in [5.41, 5.74) is 6.65. The van der Waals surface area contributed by atoms with E-state index in [0.29, 0.717) is 5.41 Å².